The van der Waals surface area contributed by atoms with Crippen molar-refractivity contribution in [2.24, 2.45) is 4.99 Å². The molecule has 2 aromatic heterocycles. The summed E-state index contributed by atoms with van der Waals surface area (Å²) in [6, 6.07) is 5.11. The highest BCUT2D eigenvalue weighted by Gasteiger charge is 2.21. The first kappa shape index (κ1) is 17.9. The summed E-state index contributed by atoms with van der Waals surface area (Å²) in [5.41, 5.74) is 0.876. The van der Waals surface area contributed by atoms with Gasteiger partial charge in [0.05, 0.1) is 17.1 Å². The van der Waals surface area contributed by atoms with Gasteiger partial charge in [0.1, 0.15) is 6.26 Å². The van der Waals surface area contributed by atoms with Crippen LogP contribution < -0.4 is 10.6 Å². The summed E-state index contributed by atoms with van der Waals surface area (Å²) in [5, 5.41) is 8.88. The van der Waals surface area contributed by atoms with Crippen LogP contribution in [0.4, 0.5) is 0 Å². The first-order valence-electron chi connectivity index (χ1n) is 8.85. The van der Waals surface area contributed by atoms with E-state index >= 15 is 0 Å². The molecule has 7 heteroatoms. The molecule has 0 atom stereocenters. The fraction of sp³-hybridized carbons (Fsp3) is 0.556. The van der Waals surface area contributed by atoms with E-state index in [0.717, 1.165) is 42.5 Å². The lowest BCUT2D eigenvalue weighted by atomic mass is 10.0. The van der Waals surface area contributed by atoms with Crippen LogP contribution in [0.15, 0.2) is 33.2 Å². The van der Waals surface area contributed by atoms with Gasteiger partial charge in [-0.25, -0.2) is 4.98 Å². The van der Waals surface area contributed by atoms with Crippen molar-refractivity contribution in [2.45, 2.75) is 45.3 Å². The summed E-state index contributed by atoms with van der Waals surface area (Å²) >= 11 is 1.63. The molecule has 1 saturated heterocycles. The minimum atomic E-state index is 0.472. The van der Waals surface area contributed by atoms with Crippen LogP contribution in [0.25, 0.3) is 10.8 Å². The lowest BCUT2D eigenvalue weighted by molar-refractivity contribution is 0.167. The van der Waals surface area contributed by atoms with Gasteiger partial charge in [0.2, 0.25) is 5.89 Å². The second kappa shape index (κ2) is 8.49. The van der Waals surface area contributed by atoms with Crippen molar-refractivity contribution in [3.05, 3.63) is 29.5 Å². The van der Waals surface area contributed by atoms with Gasteiger partial charge < -0.3 is 20.0 Å². The lowest BCUT2D eigenvalue weighted by Gasteiger charge is -2.35. The van der Waals surface area contributed by atoms with Gasteiger partial charge in [0.25, 0.3) is 0 Å². The number of nitrogens with one attached hydrogen (secondary N) is 2. The van der Waals surface area contributed by atoms with Crippen molar-refractivity contribution < 1.29 is 4.42 Å². The standard InChI is InChI=1S/C18H27N5OS/c1-13(2)23-8-6-14(7-9-23)22-18(19-3)20-11-15-12-24-17(21-15)16-5-4-10-25-16/h4-5,10,12-14H,6-9,11H2,1-3H3,(H2,19,20,22). The van der Waals surface area contributed by atoms with Gasteiger partial charge in [-0.2, -0.15) is 0 Å². The Bertz CT molecular complexity index is 671. The van der Waals surface area contributed by atoms with Crippen molar-refractivity contribution in [1.82, 2.24) is 20.5 Å². The summed E-state index contributed by atoms with van der Waals surface area (Å²) in [4.78, 5) is 12.4. The molecule has 0 aliphatic carbocycles. The molecule has 0 saturated carbocycles. The number of guanidine groups is 1. The normalized spacial score (nSPS) is 17.2. The highest BCUT2D eigenvalue weighted by atomic mass is 32.1. The third-order valence-corrected chi connectivity index (χ3v) is 5.40. The van der Waals surface area contributed by atoms with Crippen LogP contribution in [0.5, 0.6) is 0 Å². The molecule has 0 bridgehead atoms. The van der Waals surface area contributed by atoms with Crippen molar-refractivity contribution in [1.29, 1.82) is 0 Å². The van der Waals surface area contributed by atoms with Crippen LogP contribution in [0.1, 0.15) is 32.4 Å². The summed E-state index contributed by atoms with van der Waals surface area (Å²) in [7, 11) is 1.80. The predicted molar refractivity (Wildman–Crippen MR) is 103 cm³/mol. The summed E-state index contributed by atoms with van der Waals surface area (Å²) in [5.74, 6) is 1.50. The molecule has 0 radical (unpaired) electrons. The van der Waals surface area contributed by atoms with Crippen LogP contribution in [0, 0.1) is 0 Å². The number of piperidine rings is 1. The van der Waals surface area contributed by atoms with Gasteiger partial charge in [0, 0.05) is 32.2 Å². The monoisotopic (exact) mass is 361 g/mol. The number of likely N-dealkylation sites (tertiary alicyclic amines) is 1. The van der Waals surface area contributed by atoms with E-state index in [-0.39, 0.29) is 0 Å². The number of nitrogens with zero attached hydrogens (tertiary/aromatic N) is 3. The zero-order valence-electron chi connectivity index (χ0n) is 15.2. The molecule has 1 fully saturated rings. The summed E-state index contributed by atoms with van der Waals surface area (Å²) in [6.45, 7) is 7.40. The highest BCUT2D eigenvalue weighted by molar-refractivity contribution is 7.13. The summed E-state index contributed by atoms with van der Waals surface area (Å²) < 4.78 is 5.55. The first-order valence-corrected chi connectivity index (χ1v) is 9.73. The molecule has 6 nitrogen and oxygen atoms in total. The fourth-order valence-corrected chi connectivity index (χ4v) is 3.68. The topological polar surface area (TPSA) is 65.7 Å². The largest absolute Gasteiger partial charge is 0.443 e. The van der Waals surface area contributed by atoms with Gasteiger partial charge >= 0.3 is 0 Å². The van der Waals surface area contributed by atoms with Gasteiger partial charge in [0.15, 0.2) is 5.96 Å². The molecule has 3 heterocycles. The van der Waals surface area contributed by atoms with E-state index in [4.69, 9.17) is 4.42 Å². The van der Waals surface area contributed by atoms with E-state index in [1.165, 1.54) is 0 Å². The van der Waals surface area contributed by atoms with E-state index in [2.05, 4.69) is 39.4 Å². The molecule has 1 aliphatic heterocycles. The van der Waals surface area contributed by atoms with Gasteiger partial charge in [-0.15, -0.1) is 11.3 Å². The Labute approximate surface area is 153 Å². The zero-order valence-corrected chi connectivity index (χ0v) is 16.0. The molecule has 2 N–H and O–H groups in total. The Kier molecular flexibility index (Phi) is 6.09. The molecule has 0 unspecified atom stereocenters. The second-order valence-electron chi connectivity index (χ2n) is 6.60. The van der Waals surface area contributed by atoms with Crippen LogP contribution in [0.2, 0.25) is 0 Å². The Morgan fingerprint density at radius 3 is 2.88 bits per heavy atom. The molecule has 2 aromatic rings. The molecule has 136 valence electrons. The van der Waals surface area contributed by atoms with Crippen LogP contribution >= 0.6 is 11.3 Å². The van der Waals surface area contributed by atoms with Gasteiger partial charge in [-0.05, 0) is 38.1 Å². The van der Waals surface area contributed by atoms with Crippen LogP contribution in [0.3, 0.4) is 0 Å². The number of hydrogen-bond acceptors (Lipinski definition) is 5. The Morgan fingerprint density at radius 2 is 2.24 bits per heavy atom. The van der Waals surface area contributed by atoms with Crippen LogP contribution in [-0.2, 0) is 6.54 Å². The SMILES string of the molecule is CN=C(NCc1coc(-c2cccs2)n1)NC1CCN(C(C)C)CC1. The second-order valence-corrected chi connectivity index (χ2v) is 7.54. The lowest BCUT2D eigenvalue weighted by Crippen LogP contribution is -2.49. The molecule has 0 spiro atoms. The Balaban J connectivity index is 1.47. The number of aliphatic imine (C=N–C) groups is 1. The van der Waals surface area contributed by atoms with Crippen molar-refractivity contribution in [3.63, 3.8) is 0 Å². The van der Waals surface area contributed by atoms with E-state index in [0.29, 0.717) is 24.5 Å². The quantitative estimate of drug-likeness (QED) is 0.633. The minimum absolute atomic E-state index is 0.472. The molecular weight excluding hydrogens is 334 g/mol. The number of hydrogen-bond donors (Lipinski definition) is 2. The minimum Gasteiger partial charge on any atom is -0.443 e. The van der Waals surface area contributed by atoms with E-state index < -0.39 is 0 Å². The Morgan fingerprint density at radius 1 is 1.44 bits per heavy atom. The number of aromatic nitrogens is 1. The average Bonchev–Trinajstić information content (AvgIpc) is 3.30. The van der Waals surface area contributed by atoms with E-state index in [1.54, 1.807) is 24.6 Å². The molecule has 25 heavy (non-hydrogen) atoms. The molecule has 1 aliphatic rings. The smallest absolute Gasteiger partial charge is 0.236 e. The predicted octanol–water partition coefficient (Wildman–Crippen LogP) is 2.94. The van der Waals surface area contributed by atoms with Gasteiger partial charge in [-0.1, -0.05) is 6.07 Å². The number of thiophene rings is 1. The maximum Gasteiger partial charge on any atom is 0.236 e. The van der Waals surface area contributed by atoms with Crippen molar-refractivity contribution in [3.8, 4) is 10.8 Å². The summed E-state index contributed by atoms with van der Waals surface area (Å²) in [6.07, 6.45) is 3.99. The van der Waals surface area contributed by atoms with Gasteiger partial charge in [-0.3, -0.25) is 4.99 Å². The average molecular weight is 362 g/mol. The number of rotatable bonds is 5. The molecule has 0 aromatic carbocycles. The maximum atomic E-state index is 5.55. The third kappa shape index (κ3) is 4.83. The fourth-order valence-electron chi connectivity index (χ4n) is 3.02. The molecule has 3 rings (SSSR count). The Hall–Kier alpha value is -1.86. The molecule has 0 amide bonds. The van der Waals surface area contributed by atoms with E-state index in [1.807, 2.05) is 17.5 Å². The first-order chi connectivity index (χ1) is 12.2. The molecular formula is C18H27N5OS. The van der Waals surface area contributed by atoms with Crippen LogP contribution in [-0.4, -0.2) is 48.1 Å². The van der Waals surface area contributed by atoms with Crippen molar-refractivity contribution >= 4 is 17.3 Å². The van der Waals surface area contributed by atoms with Crippen molar-refractivity contribution in [2.75, 3.05) is 20.1 Å². The highest BCUT2D eigenvalue weighted by Crippen LogP contribution is 2.23. The maximum absolute atomic E-state index is 5.55. The number of oxazole rings is 1. The third-order valence-electron chi connectivity index (χ3n) is 4.54. The zero-order chi connectivity index (χ0) is 17.6. The van der Waals surface area contributed by atoms with E-state index in [9.17, 15) is 0 Å².